The Bertz CT molecular complexity index is 916. The first-order valence-electron chi connectivity index (χ1n) is 24.6. The number of carbonyl (C=O) groups is 3. The Kier molecular flexibility index (Phi) is 32.9. The van der Waals surface area contributed by atoms with Crippen LogP contribution in [0, 0.1) is 35.5 Å². The van der Waals surface area contributed by atoms with Crippen LogP contribution in [0.4, 0.5) is 0 Å². The standard InChI is InChI=1S/C50H95NO6/c1-41(2)32-34-45(43(5)6)39-55-48(52)29-22-17-13-9-11-15-20-27-47(57-50(54)31-26-38-51-36-24-19-25-37-51)28-21-16-12-10-14-18-23-30-49(53)56-40-46(44(7)8)35-33-42(3)4/h41-47H,9-40H2,1-8H3. The monoisotopic (exact) mass is 806 g/mol. The maximum atomic E-state index is 12.9. The van der Waals surface area contributed by atoms with E-state index in [1.54, 1.807) is 0 Å². The largest absolute Gasteiger partial charge is 0.465 e. The van der Waals surface area contributed by atoms with Gasteiger partial charge in [-0.25, -0.2) is 0 Å². The second-order valence-electron chi connectivity index (χ2n) is 19.5. The molecule has 1 aliphatic heterocycles. The summed E-state index contributed by atoms with van der Waals surface area (Å²) in [5, 5.41) is 0. The number of hydrogen-bond donors (Lipinski definition) is 0. The molecule has 1 heterocycles. The molecule has 1 fully saturated rings. The molecule has 0 bridgehead atoms. The van der Waals surface area contributed by atoms with Gasteiger partial charge < -0.3 is 19.1 Å². The SMILES string of the molecule is CC(C)CCC(COC(=O)CCCCCCCCCC(CCCCCCCCCC(=O)OCC(CCC(C)C)C(C)C)OC(=O)CCCN1CCCCC1)C(C)C. The highest BCUT2D eigenvalue weighted by Crippen LogP contribution is 2.23. The molecule has 0 aliphatic carbocycles. The number of likely N-dealkylation sites (tertiary alicyclic amines) is 1. The maximum Gasteiger partial charge on any atom is 0.306 e. The highest BCUT2D eigenvalue weighted by atomic mass is 16.5. The van der Waals surface area contributed by atoms with Crippen LogP contribution in [-0.4, -0.2) is 61.8 Å². The third kappa shape index (κ3) is 31.9. The summed E-state index contributed by atoms with van der Waals surface area (Å²) in [6, 6.07) is 0. The topological polar surface area (TPSA) is 82.1 Å². The van der Waals surface area contributed by atoms with Gasteiger partial charge >= 0.3 is 17.9 Å². The van der Waals surface area contributed by atoms with Crippen LogP contribution in [0.5, 0.6) is 0 Å². The first-order valence-corrected chi connectivity index (χ1v) is 24.6. The van der Waals surface area contributed by atoms with E-state index in [4.69, 9.17) is 14.2 Å². The van der Waals surface area contributed by atoms with Crippen molar-refractivity contribution < 1.29 is 28.6 Å². The second-order valence-corrected chi connectivity index (χ2v) is 19.5. The molecule has 0 saturated carbocycles. The fraction of sp³-hybridized carbons (Fsp3) is 0.940. The number of unbranched alkanes of at least 4 members (excludes halogenated alkanes) is 12. The smallest absolute Gasteiger partial charge is 0.306 e. The van der Waals surface area contributed by atoms with E-state index in [0.717, 1.165) is 90.0 Å². The molecule has 0 aromatic carbocycles. The number of nitrogens with zero attached hydrogens (tertiary/aromatic N) is 1. The van der Waals surface area contributed by atoms with Gasteiger partial charge in [-0.05, 0) is 126 Å². The van der Waals surface area contributed by atoms with Gasteiger partial charge in [0.05, 0.1) is 13.2 Å². The number of ether oxygens (including phenoxy) is 3. The lowest BCUT2D eigenvalue weighted by Gasteiger charge is -2.26. The van der Waals surface area contributed by atoms with Crippen LogP contribution >= 0.6 is 0 Å². The van der Waals surface area contributed by atoms with Crippen LogP contribution in [0.3, 0.4) is 0 Å². The van der Waals surface area contributed by atoms with E-state index in [9.17, 15) is 14.4 Å². The Morgan fingerprint density at radius 1 is 0.439 bits per heavy atom. The van der Waals surface area contributed by atoms with Crippen molar-refractivity contribution in [1.82, 2.24) is 4.90 Å². The number of rotatable bonds is 37. The fourth-order valence-electron chi connectivity index (χ4n) is 8.04. The molecule has 336 valence electrons. The van der Waals surface area contributed by atoms with E-state index in [1.807, 2.05) is 0 Å². The zero-order valence-electron chi connectivity index (χ0n) is 39.1. The Hall–Kier alpha value is -1.63. The van der Waals surface area contributed by atoms with Gasteiger partial charge in [-0.1, -0.05) is 139 Å². The van der Waals surface area contributed by atoms with E-state index < -0.39 is 0 Å². The summed E-state index contributed by atoms with van der Waals surface area (Å²) in [6.07, 6.45) is 28.6. The molecule has 0 radical (unpaired) electrons. The molecule has 0 amide bonds. The summed E-state index contributed by atoms with van der Waals surface area (Å²) in [6.45, 7) is 22.4. The predicted molar refractivity (Wildman–Crippen MR) is 239 cm³/mol. The summed E-state index contributed by atoms with van der Waals surface area (Å²) in [5.74, 6) is 3.29. The van der Waals surface area contributed by atoms with Gasteiger partial charge in [-0.2, -0.15) is 0 Å². The molecule has 1 rings (SSSR count). The van der Waals surface area contributed by atoms with Gasteiger partial charge in [0, 0.05) is 19.3 Å². The number of hydrogen-bond acceptors (Lipinski definition) is 7. The Labute approximate surface area is 353 Å². The average molecular weight is 806 g/mol. The molecule has 0 aromatic rings. The summed E-state index contributed by atoms with van der Waals surface area (Å²) >= 11 is 0. The van der Waals surface area contributed by atoms with Crippen LogP contribution < -0.4 is 0 Å². The van der Waals surface area contributed by atoms with Crippen molar-refractivity contribution in [3.63, 3.8) is 0 Å². The third-order valence-electron chi connectivity index (χ3n) is 12.4. The lowest BCUT2D eigenvalue weighted by molar-refractivity contribution is -0.150. The van der Waals surface area contributed by atoms with E-state index in [1.165, 1.54) is 83.7 Å². The second kappa shape index (κ2) is 35.2. The first kappa shape index (κ1) is 53.4. The number of esters is 3. The molecule has 7 nitrogen and oxygen atoms in total. The zero-order valence-corrected chi connectivity index (χ0v) is 39.1. The molecule has 1 aliphatic rings. The van der Waals surface area contributed by atoms with Crippen molar-refractivity contribution in [3.8, 4) is 0 Å². The third-order valence-corrected chi connectivity index (χ3v) is 12.4. The van der Waals surface area contributed by atoms with Gasteiger partial charge in [-0.3, -0.25) is 14.4 Å². The average Bonchev–Trinajstić information content (AvgIpc) is 3.16. The Balaban J connectivity index is 2.27. The van der Waals surface area contributed by atoms with Crippen LogP contribution in [-0.2, 0) is 28.6 Å². The zero-order chi connectivity index (χ0) is 42.1. The van der Waals surface area contributed by atoms with Crippen LogP contribution in [0.25, 0.3) is 0 Å². The normalized spacial score (nSPS) is 15.4. The first-order chi connectivity index (χ1) is 27.4. The van der Waals surface area contributed by atoms with Gasteiger partial charge in [0.2, 0.25) is 0 Å². The summed E-state index contributed by atoms with van der Waals surface area (Å²) in [4.78, 5) is 40.1. The van der Waals surface area contributed by atoms with E-state index >= 15 is 0 Å². The lowest BCUT2D eigenvalue weighted by atomic mass is 9.89. The highest BCUT2D eigenvalue weighted by Gasteiger charge is 2.19. The molecule has 0 N–H and O–H groups in total. The van der Waals surface area contributed by atoms with Gasteiger partial charge in [-0.15, -0.1) is 0 Å². The minimum atomic E-state index is -0.0331. The maximum absolute atomic E-state index is 12.9. The van der Waals surface area contributed by atoms with E-state index in [2.05, 4.69) is 60.3 Å². The van der Waals surface area contributed by atoms with Crippen LogP contribution in [0.2, 0.25) is 0 Å². The number of piperidine rings is 1. The van der Waals surface area contributed by atoms with Gasteiger partial charge in [0.15, 0.2) is 0 Å². The van der Waals surface area contributed by atoms with Crippen molar-refractivity contribution >= 4 is 17.9 Å². The van der Waals surface area contributed by atoms with Crippen molar-refractivity contribution in [2.45, 2.75) is 235 Å². The molecule has 0 aromatic heterocycles. The molecule has 2 unspecified atom stereocenters. The minimum Gasteiger partial charge on any atom is -0.465 e. The van der Waals surface area contributed by atoms with E-state index in [0.29, 0.717) is 68.0 Å². The lowest BCUT2D eigenvalue weighted by Crippen LogP contribution is -2.31. The van der Waals surface area contributed by atoms with Crippen molar-refractivity contribution in [2.24, 2.45) is 35.5 Å². The minimum absolute atomic E-state index is 0.0142. The van der Waals surface area contributed by atoms with Crippen molar-refractivity contribution in [1.29, 1.82) is 0 Å². The molecule has 57 heavy (non-hydrogen) atoms. The molecule has 7 heteroatoms. The van der Waals surface area contributed by atoms with Crippen molar-refractivity contribution in [3.05, 3.63) is 0 Å². The van der Waals surface area contributed by atoms with Crippen molar-refractivity contribution in [2.75, 3.05) is 32.8 Å². The highest BCUT2D eigenvalue weighted by molar-refractivity contribution is 5.70. The quantitative estimate of drug-likeness (QED) is 0.0351. The van der Waals surface area contributed by atoms with Gasteiger partial charge in [0.1, 0.15) is 6.10 Å². The van der Waals surface area contributed by atoms with Crippen LogP contribution in [0.15, 0.2) is 0 Å². The summed E-state index contributed by atoms with van der Waals surface area (Å²) in [5.41, 5.74) is 0. The fourth-order valence-corrected chi connectivity index (χ4v) is 8.04. The van der Waals surface area contributed by atoms with Gasteiger partial charge in [0.25, 0.3) is 0 Å². The molecule has 1 saturated heterocycles. The molecule has 0 spiro atoms. The molecular weight excluding hydrogens is 711 g/mol. The van der Waals surface area contributed by atoms with Crippen LogP contribution in [0.1, 0.15) is 229 Å². The Morgan fingerprint density at radius 2 is 0.825 bits per heavy atom. The van der Waals surface area contributed by atoms with E-state index in [-0.39, 0.29) is 24.0 Å². The summed E-state index contributed by atoms with van der Waals surface area (Å²) in [7, 11) is 0. The Morgan fingerprint density at radius 3 is 1.23 bits per heavy atom. The number of carbonyl (C=O) groups excluding carboxylic acids is 3. The predicted octanol–water partition coefficient (Wildman–Crippen LogP) is 13.7. The molecule has 2 atom stereocenters. The molecular formula is C50H95NO6. The summed E-state index contributed by atoms with van der Waals surface area (Å²) < 4.78 is 17.4.